The van der Waals surface area contributed by atoms with E-state index in [0.717, 1.165) is 29.7 Å². The molecule has 0 saturated heterocycles. The maximum atomic E-state index is 12.6. The van der Waals surface area contributed by atoms with Crippen molar-refractivity contribution in [1.29, 1.82) is 5.26 Å². The van der Waals surface area contributed by atoms with E-state index in [-0.39, 0.29) is 10.5 Å². The summed E-state index contributed by atoms with van der Waals surface area (Å²) in [6.07, 6.45) is 2.73. The van der Waals surface area contributed by atoms with Gasteiger partial charge in [0, 0.05) is 18.0 Å². The predicted octanol–water partition coefficient (Wildman–Crippen LogP) is 2.93. The van der Waals surface area contributed by atoms with E-state index in [4.69, 9.17) is 4.74 Å². The van der Waals surface area contributed by atoms with Crippen molar-refractivity contribution in [2.45, 2.75) is 38.0 Å². The molecule has 1 amide bonds. The molecule has 1 N–H and O–H groups in total. The molecule has 0 fully saturated rings. The Balaban J connectivity index is 1.65. The van der Waals surface area contributed by atoms with Gasteiger partial charge in [0.2, 0.25) is 10.0 Å². The van der Waals surface area contributed by atoms with Crippen molar-refractivity contribution < 1.29 is 22.7 Å². The van der Waals surface area contributed by atoms with Gasteiger partial charge in [-0.05, 0) is 43.0 Å². The minimum absolute atomic E-state index is 0.0122. The predicted molar refractivity (Wildman–Crippen MR) is 117 cm³/mol. The Labute approximate surface area is 185 Å². The molecule has 0 unspecified atom stereocenters. The number of nitrogens with one attached hydrogen (secondary N) is 1. The smallest absolute Gasteiger partial charge is 0.338 e. The first-order chi connectivity index (χ1) is 14.8. The standard InChI is InChI=1S/C21H23N3O5S2/c1-3-24(4-2)31(27,28)15-8-5-7-14(11-15)21(26)29-13-19(25)23-20-17(12-22)16-9-6-10-18(16)30-20/h5,7-8,11H,3-4,6,9-10,13H2,1-2H3,(H,23,25). The highest BCUT2D eigenvalue weighted by Gasteiger charge is 2.24. The average Bonchev–Trinajstić information content (AvgIpc) is 3.33. The molecule has 3 rings (SSSR count). The van der Waals surface area contributed by atoms with Gasteiger partial charge < -0.3 is 10.1 Å². The summed E-state index contributed by atoms with van der Waals surface area (Å²) in [5, 5.41) is 12.5. The highest BCUT2D eigenvalue weighted by Crippen LogP contribution is 2.38. The van der Waals surface area contributed by atoms with Crippen LogP contribution in [0.25, 0.3) is 0 Å². The molecule has 1 aromatic heterocycles. The largest absolute Gasteiger partial charge is 0.452 e. The number of hydrogen-bond acceptors (Lipinski definition) is 7. The fourth-order valence-corrected chi connectivity index (χ4v) is 6.24. The van der Waals surface area contributed by atoms with Crippen LogP contribution in [0.5, 0.6) is 0 Å². The van der Waals surface area contributed by atoms with Crippen LogP contribution in [0.3, 0.4) is 0 Å². The van der Waals surface area contributed by atoms with Gasteiger partial charge in [0.25, 0.3) is 5.91 Å². The summed E-state index contributed by atoms with van der Waals surface area (Å²) in [6, 6.07) is 7.68. The van der Waals surface area contributed by atoms with Gasteiger partial charge in [-0.15, -0.1) is 11.3 Å². The summed E-state index contributed by atoms with van der Waals surface area (Å²) in [4.78, 5) is 25.7. The van der Waals surface area contributed by atoms with Crippen molar-refractivity contribution in [2.75, 3.05) is 25.0 Å². The van der Waals surface area contributed by atoms with Gasteiger partial charge in [0.05, 0.1) is 16.0 Å². The van der Waals surface area contributed by atoms with Gasteiger partial charge in [-0.2, -0.15) is 9.57 Å². The third-order valence-electron chi connectivity index (χ3n) is 5.03. The lowest BCUT2D eigenvalue weighted by Crippen LogP contribution is -2.30. The molecule has 0 radical (unpaired) electrons. The molecule has 1 aliphatic carbocycles. The second kappa shape index (κ2) is 9.60. The van der Waals surface area contributed by atoms with E-state index in [1.165, 1.54) is 39.9 Å². The second-order valence-corrected chi connectivity index (χ2v) is 9.96. The Morgan fingerprint density at radius 2 is 2.00 bits per heavy atom. The molecule has 164 valence electrons. The number of aryl methyl sites for hydroxylation is 1. The summed E-state index contributed by atoms with van der Waals surface area (Å²) >= 11 is 1.38. The van der Waals surface area contributed by atoms with Crippen LogP contribution < -0.4 is 5.32 Å². The number of carbonyl (C=O) groups excluding carboxylic acids is 2. The first kappa shape index (κ1) is 22.9. The number of sulfonamides is 1. The summed E-state index contributed by atoms with van der Waals surface area (Å²) in [6.45, 7) is 3.55. The van der Waals surface area contributed by atoms with Crippen molar-refractivity contribution in [3.8, 4) is 6.07 Å². The Bertz CT molecular complexity index is 1140. The van der Waals surface area contributed by atoms with Crippen LogP contribution in [0.1, 0.15) is 46.6 Å². The minimum atomic E-state index is -3.72. The third kappa shape index (κ3) is 4.79. The Morgan fingerprint density at radius 1 is 1.26 bits per heavy atom. The Hall–Kier alpha value is -2.74. The van der Waals surface area contributed by atoms with Crippen LogP contribution in [0.4, 0.5) is 5.00 Å². The molecule has 0 saturated carbocycles. The van der Waals surface area contributed by atoms with E-state index in [1.54, 1.807) is 13.8 Å². The lowest BCUT2D eigenvalue weighted by molar-refractivity contribution is -0.119. The van der Waals surface area contributed by atoms with E-state index < -0.39 is 28.5 Å². The molecule has 10 heteroatoms. The molecule has 0 bridgehead atoms. The first-order valence-electron chi connectivity index (χ1n) is 9.93. The van der Waals surface area contributed by atoms with Gasteiger partial charge in [-0.3, -0.25) is 4.79 Å². The van der Waals surface area contributed by atoms with Crippen molar-refractivity contribution >= 4 is 38.2 Å². The zero-order chi connectivity index (χ0) is 22.6. The lowest BCUT2D eigenvalue weighted by Gasteiger charge is -2.18. The van der Waals surface area contributed by atoms with Crippen molar-refractivity contribution in [1.82, 2.24) is 4.31 Å². The molecule has 1 heterocycles. The monoisotopic (exact) mass is 461 g/mol. The van der Waals surface area contributed by atoms with E-state index in [0.29, 0.717) is 23.7 Å². The molecular formula is C21H23N3O5S2. The molecular weight excluding hydrogens is 438 g/mol. The number of amides is 1. The molecule has 1 aromatic carbocycles. The average molecular weight is 462 g/mol. The molecule has 2 aromatic rings. The van der Waals surface area contributed by atoms with Crippen LogP contribution in [0.15, 0.2) is 29.2 Å². The number of nitriles is 1. The topological polar surface area (TPSA) is 117 Å². The maximum Gasteiger partial charge on any atom is 0.338 e. The van der Waals surface area contributed by atoms with E-state index >= 15 is 0 Å². The lowest BCUT2D eigenvalue weighted by atomic mass is 10.1. The van der Waals surface area contributed by atoms with Crippen LogP contribution >= 0.6 is 11.3 Å². The Kier molecular flexibility index (Phi) is 7.10. The van der Waals surface area contributed by atoms with Gasteiger partial charge in [0.1, 0.15) is 11.1 Å². The second-order valence-electron chi connectivity index (χ2n) is 6.91. The summed E-state index contributed by atoms with van der Waals surface area (Å²) < 4.78 is 31.6. The van der Waals surface area contributed by atoms with E-state index in [2.05, 4.69) is 11.4 Å². The number of fused-ring (bicyclic) bond motifs is 1. The number of carbonyl (C=O) groups is 2. The van der Waals surface area contributed by atoms with E-state index in [9.17, 15) is 23.3 Å². The number of rotatable bonds is 8. The highest BCUT2D eigenvalue weighted by molar-refractivity contribution is 7.89. The third-order valence-corrected chi connectivity index (χ3v) is 8.29. The quantitative estimate of drug-likeness (QED) is 0.604. The normalized spacial score (nSPS) is 13.0. The van der Waals surface area contributed by atoms with Crippen molar-refractivity contribution in [2.24, 2.45) is 0 Å². The maximum absolute atomic E-state index is 12.6. The Morgan fingerprint density at radius 3 is 2.68 bits per heavy atom. The van der Waals surface area contributed by atoms with Gasteiger partial charge in [0.15, 0.2) is 6.61 Å². The van der Waals surface area contributed by atoms with Crippen LogP contribution in [0.2, 0.25) is 0 Å². The molecule has 0 aliphatic heterocycles. The molecule has 8 nitrogen and oxygen atoms in total. The zero-order valence-corrected chi connectivity index (χ0v) is 18.9. The highest BCUT2D eigenvalue weighted by atomic mass is 32.2. The molecule has 31 heavy (non-hydrogen) atoms. The number of hydrogen-bond donors (Lipinski definition) is 1. The number of anilines is 1. The van der Waals surface area contributed by atoms with Crippen LogP contribution in [-0.4, -0.2) is 44.3 Å². The summed E-state index contributed by atoms with van der Waals surface area (Å²) in [7, 11) is -3.72. The number of esters is 1. The van der Waals surface area contributed by atoms with Crippen molar-refractivity contribution in [3.05, 3.63) is 45.8 Å². The molecule has 0 spiro atoms. The van der Waals surface area contributed by atoms with Crippen molar-refractivity contribution in [3.63, 3.8) is 0 Å². The summed E-state index contributed by atoms with van der Waals surface area (Å²) in [5.41, 5.74) is 1.51. The minimum Gasteiger partial charge on any atom is -0.452 e. The molecule has 0 atom stereocenters. The van der Waals surface area contributed by atoms with E-state index in [1.807, 2.05) is 0 Å². The van der Waals surface area contributed by atoms with Gasteiger partial charge in [-0.25, -0.2) is 13.2 Å². The fraction of sp³-hybridized carbons (Fsp3) is 0.381. The molecule has 1 aliphatic rings. The SMILES string of the molecule is CCN(CC)S(=O)(=O)c1cccc(C(=O)OCC(=O)Nc2sc3c(c2C#N)CCC3)c1. The van der Waals surface area contributed by atoms with Gasteiger partial charge in [-0.1, -0.05) is 19.9 Å². The number of ether oxygens (including phenoxy) is 1. The number of nitrogens with zero attached hydrogens (tertiary/aromatic N) is 2. The van der Waals surface area contributed by atoms with Crippen LogP contribution in [0, 0.1) is 11.3 Å². The summed E-state index contributed by atoms with van der Waals surface area (Å²) in [5.74, 6) is -1.36. The number of benzene rings is 1. The number of thiophene rings is 1. The first-order valence-corrected chi connectivity index (χ1v) is 12.2. The van der Waals surface area contributed by atoms with Crippen LogP contribution in [-0.2, 0) is 32.4 Å². The fourth-order valence-electron chi connectivity index (χ4n) is 3.48. The van der Waals surface area contributed by atoms with Gasteiger partial charge >= 0.3 is 5.97 Å². The zero-order valence-electron chi connectivity index (χ0n) is 17.3.